The van der Waals surface area contributed by atoms with E-state index in [2.05, 4.69) is 24.1 Å². The summed E-state index contributed by atoms with van der Waals surface area (Å²) < 4.78 is 0. The molecule has 1 fully saturated rings. The highest BCUT2D eigenvalue weighted by Crippen LogP contribution is 2.26. The zero-order valence-corrected chi connectivity index (χ0v) is 14.9. The Bertz CT molecular complexity index is 549. The lowest BCUT2D eigenvalue weighted by atomic mass is 9.95. The highest BCUT2D eigenvalue weighted by atomic mass is 35.5. The molecule has 1 N–H and O–H groups in total. The van der Waals surface area contributed by atoms with E-state index >= 15 is 0 Å². The van der Waals surface area contributed by atoms with Crippen LogP contribution in [0.2, 0.25) is 0 Å². The molecule has 6 heteroatoms. The van der Waals surface area contributed by atoms with Crippen molar-refractivity contribution in [1.82, 2.24) is 20.2 Å². The van der Waals surface area contributed by atoms with E-state index in [0.29, 0.717) is 18.3 Å². The van der Waals surface area contributed by atoms with E-state index in [9.17, 15) is 4.79 Å². The first kappa shape index (κ1) is 18.1. The fourth-order valence-electron chi connectivity index (χ4n) is 3.34. The molecule has 5 nitrogen and oxygen atoms in total. The number of hydrogen-bond donors (Lipinski definition) is 1. The molecule has 1 aromatic rings. The topological polar surface area (TPSA) is 58.1 Å². The molecule has 1 saturated heterocycles. The van der Waals surface area contributed by atoms with Gasteiger partial charge in [-0.25, -0.2) is 9.97 Å². The van der Waals surface area contributed by atoms with Crippen molar-refractivity contribution < 1.29 is 4.79 Å². The van der Waals surface area contributed by atoms with E-state index in [1.54, 1.807) is 0 Å². The maximum absolute atomic E-state index is 12.3. The number of fused-ring (bicyclic) bond motifs is 1. The third-order valence-electron chi connectivity index (χ3n) is 4.55. The summed E-state index contributed by atoms with van der Waals surface area (Å²) in [7, 11) is 0. The quantitative estimate of drug-likeness (QED) is 0.918. The minimum Gasteiger partial charge on any atom is -0.342 e. The zero-order chi connectivity index (χ0) is 15.5. The summed E-state index contributed by atoms with van der Waals surface area (Å²) in [4.78, 5) is 23.7. The fraction of sp³-hybridized carbons (Fsp3) is 0.706. The lowest BCUT2D eigenvalue weighted by molar-refractivity contribution is -0.133. The molecular formula is C17H27ClN4O. The number of piperidine rings is 1. The summed E-state index contributed by atoms with van der Waals surface area (Å²) in [5, 5.41) is 3.35. The van der Waals surface area contributed by atoms with Crippen molar-refractivity contribution in [2.75, 3.05) is 19.6 Å². The van der Waals surface area contributed by atoms with Gasteiger partial charge in [0.1, 0.15) is 5.82 Å². The molecular weight excluding hydrogens is 312 g/mol. The first-order chi connectivity index (χ1) is 10.6. The number of rotatable bonds is 3. The van der Waals surface area contributed by atoms with Crippen LogP contribution in [-0.4, -0.2) is 40.4 Å². The maximum Gasteiger partial charge on any atom is 0.222 e. The maximum atomic E-state index is 12.3. The molecule has 128 valence electrons. The number of halogens is 1. The van der Waals surface area contributed by atoms with Crippen LogP contribution in [0.15, 0.2) is 6.20 Å². The highest BCUT2D eigenvalue weighted by molar-refractivity contribution is 5.85. The molecule has 3 heterocycles. The molecule has 0 aromatic carbocycles. The second kappa shape index (κ2) is 8.06. The van der Waals surface area contributed by atoms with Gasteiger partial charge in [0.05, 0.1) is 0 Å². The van der Waals surface area contributed by atoms with Crippen LogP contribution in [0, 0.1) is 5.92 Å². The number of nitrogens with one attached hydrogen (secondary N) is 1. The third kappa shape index (κ3) is 4.42. The Balaban J connectivity index is 0.00000192. The van der Waals surface area contributed by atoms with Crippen molar-refractivity contribution >= 4 is 18.3 Å². The molecule has 0 saturated carbocycles. The largest absolute Gasteiger partial charge is 0.342 e. The fourth-order valence-corrected chi connectivity index (χ4v) is 3.34. The summed E-state index contributed by atoms with van der Waals surface area (Å²) in [6.45, 7) is 7.73. The number of carbonyl (C=O) groups is 1. The van der Waals surface area contributed by atoms with Gasteiger partial charge in [0, 0.05) is 62.4 Å². The summed E-state index contributed by atoms with van der Waals surface area (Å²) in [5.41, 5.74) is 2.41. The molecule has 1 unspecified atom stereocenters. The Morgan fingerprint density at radius 3 is 3.09 bits per heavy atom. The summed E-state index contributed by atoms with van der Waals surface area (Å²) in [5.74, 6) is 1.93. The van der Waals surface area contributed by atoms with E-state index in [-0.39, 0.29) is 18.3 Å². The van der Waals surface area contributed by atoms with Crippen molar-refractivity contribution in [2.24, 2.45) is 5.92 Å². The summed E-state index contributed by atoms with van der Waals surface area (Å²) in [6.07, 6.45) is 5.73. The van der Waals surface area contributed by atoms with Gasteiger partial charge in [-0.2, -0.15) is 0 Å². The van der Waals surface area contributed by atoms with Crippen LogP contribution in [-0.2, 0) is 17.8 Å². The first-order valence-electron chi connectivity index (χ1n) is 8.46. The normalized spacial score (nSPS) is 20.8. The van der Waals surface area contributed by atoms with Crippen LogP contribution >= 0.6 is 12.4 Å². The van der Waals surface area contributed by atoms with Crippen molar-refractivity contribution in [1.29, 1.82) is 0 Å². The number of amides is 1. The van der Waals surface area contributed by atoms with Crippen LogP contribution in [0.25, 0.3) is 0 Å². The van der Waals surface area contributed by atoms with Crippen molar-refractivity contribution in [3.8, 4) is 0 Å². The van der Waals surface area contributed by atoms with Gasteiger partial charge in [-0.05, 0) is 18.8 Å². The lowest BCUT2D eigenvalue weighted by Crippen LogP contribution is -2.40. The minimum atomic E-state index is 0. The van der Waals surface area contributed by atoms with Gasteiger partial charge in [-0.1, -0.05) is 13.8 Å². The van der Waals surface area contributed by atoms with Gasteiger partial charge in [0.2, 0.25) is 5.91 Å². The van der Waals surface area contributed by atoms with E-state index in [4.69, 9.17) is 4.98 Å². The molecule has 23 heavy (non-hydrogen) atoms. The predicted molar refractivity (Wildman–Crippen MR) is 92.7 cm³/mol. The van der Waals surface area contributed by atoms with Crippen LogP contribution in [0.1, 0.15) is 56.1 Å². The molecule has 1 amide bonds. The molecule has 1 aromatic heterocycles. The van der Waals surface area contributed by atoms with Crippen LogP contribution in [0.3, 0.4) is 0 Å². The predicted octanol–water partition coefficient (Wildman–Crippen LogP) is 2.30. The SMILES string of the molecule is CC(C)CC(=O)N1CCCC(c2ncc3c(n2)CCNC3)C1.Cl. The number of nitrogens with zero attached hydrogens (tertiary/aromatic N) is 3. The Hall–Kier alpha value is -1.20. The summed E-state index contributed by atoms with van der Waals surface area (Å²) in [6, 6.07) is 0. The van der Waals surface area contributed by atoms with E-state index < -0.39 is 0 Å². The Labute approximate surface area is 144 Å². The monoisotopic (exact) mass is 338 g/mol. The molecule has 0 spiro atoms. The lowest BCUT2D eigenvalue weighted by Gasteiger charge is -2.33. The first-order valence-corrected chi connectivity index (χ1v) is 8.46. The van der Waals surface area contributed by atoms with E-state index in [0.717, 1.165) is 51.3 Å². The van der Waals surface area contributed by atoms with E-state index in [1.165, 1.54) is 11.3 Å². The van der Waals surface area contributed by atoms with Gasteiger partial charge in [-0.3, -0.25) is 4.79 Å². The molecule has 3 rings (SSSR count). The van der Waals surface area contributed by atoms with Crippen LogP contribution < -0.4 is 5.32 Å². The highest BCUT2D eigenvalue weighted by Gasteiger charge is 2.27. The van der Waals surface area contributed by atoms with Crippen molar-refractivity contribution in [3.63, 3.8) is 0 Å². The van der Waals surface area contributed by atoms with Gasteiger partial charge in [0.25, 0.3) is 0 Å². The molecule has 0 bridgehead atoms. The second-order valence-electron chi connectivity index (χ2n) is 6.90. The Kier molecular flexibility index (Phi) is 6.36. The number of aromatic nitrogens is 2. The average molecular weight is 339 g/mol. The number of carbonyl (C=O) groups excluding carboxylic acids is 1. The van der Waals surface area contributed by atoms with Gasteiger partial charge in [0.15, 0.2) is 0 Å². The van der Waals surface area contributed by atoms with Gasteiger partial charge < -0.3 is 10.2 Å². The van der Waals surface area contributed by atoms with Crippen LogP contribution in [0.4, 0.5) is 0 Å². The average Bonchev–Trinajstić information content (AvgIpc) is 2.54. The minimum absolute atomic E-state index is 0. The number of hydrogen-bond acceptors (Lipinski definition) is 4. The smallest absolute Gasteiger partial charge is 0.222 e. The molecule has 2 aliphatic heterocycles. The van der Waals surface area contributed by atoms with Gasteiger partial charge in [-0.15, -0.1) is 12.4 Å². The zero-order valence-electron chi connectivity index (χ0n) is 14.0. The van der Waals surface area contributed by atoms with Crippen molar-refractivity contribution in [3.05, 3.63) is 23.3 Å². The molecule has 0 radical (unpaired) electrons. The third-order valence-corrected chi connectivity index (χ3v) is 4.55. The molecule has 0 aliphatic carbocycles. The van der Waals surface area contributed by atoms with Crippen molar-refractivity contribution in [2.45, 2.75) is 52.0 Å². The van der Waals surface area contributed by atoms with Crippen LogP contribution in [0.5, 0.6) is 0 Å². The Morgan fingerprint density at radius 1 is 1.48 bits per heavy atom. The van der Waals surface area contributed by atoms with Gasteiger partial charge >= 0.3 is 0 Å². The molecule has 2 aliphatic rings. The summed E-state index contributed by atoms with van der Waals surface area (Å²) >= 11 is 0. The standard InChI is InChI=1S/C17H26N4O.ClH/c1-12(2)8-16(22)21-7-3-4-13(11-21)17-19-10-14-9-18-6-5-15(14)20-17;/h10,12-13,18H,3-9,11H2,1-2H3;1H. The Morgan fingerprint density at radius 2 is 2.30 bits per heavy atom. The molecule has 1 atom stereocenters. The van der Waals surface area contributed by atoms with E-state index in [1.807, 2.05) is 11.1 Å². The second-order valence-corrected chi connectivity index (χ2v) is 6.90. The number of likely N-dealkylation sites (tertiary alicyclic amines) is 1.